The van der Waals surface area contributed by atoms with E-state index >= 15 is 0 Å². The Morgan fingerprint density at radius 2 is 1.16 bits per heavy atom. The number of hydrogen-bond acceptors (Lipinski definition) is 1. The minimum atomic E-state index is 1.23. The molecule has 2 heterocycles. The monoisotopic (exact) mass is 507 g/mol. The van der Waals surface area contributed by atoms with Crippen LogP contribution in [0.3, 0.4) is 0 Å². The van der Waals surface area contributed by atoms with Gasteiger partial charge < -0.3 is 4.57 Å². The highest BCUT2D eigenvalue weighted by Gasteiger charge is 2.21. The van der Waals surface area contributed by atoms with E-state index < -0.39 is 0 Å². The van der Waals surface area contributed by atoms with Crippen LogP contribution in [0.5, 0.6) is 0 Å². The first kappa shape index (κ1) is 21.1. The van der Waals surface area contributed by atoms with Crippen molar-refractivity contribution >= 4 is 67.9 Å². The fourth-order valence-corrected chi connectivity index (χ4v) is 7.33. The van der Waals surface area contributed by atoms with Crippen LogP contribution in [0, 0.1) is 0 Å². The van der Waals surface area contributed by atoms with Gasteiger partial charge in [-0.25, -0.2) is 0 Å². The minimum absolute atomic E-state index is 1.23. The molecule has 0 aliphatic carbocycles. The van der Waals surface area contributed by atoms with Gasteiger partial charge >= 0.3 is 0 Å². The highest BCUT2D eigenvalue weighted by molar-refractivity contribution is 7.28. The van der Waals surface area contributed by atoms with Gasteiger partial charge in [0.05, 0.1) is 26.1 Å². The van der Waals surface area contributed by atoms with Crippen LogP contribution in [-0.4, -0.2) is 4.57 Å². The Kier molecular flexibility index (Phi) is 4.58. The predicted octanol–water partition coefficient (Wildman–Crippen LogP) is 9.42. The highest BCUT2D eigenvalue weighted by Crippen LogP contribution is 2.45. The molecule has 0 fully saturated rings. The van der Waals surface area contributed by atoms with Crippen LogP contribution in [0.25, 0.3) is 69.9 Å². The second kappa shape index (κ2) is 8.02. The molecule has 6 aromatic carbocycles. The lowest BCUT2D eigenvalue weighted by Gasteiger charge is -2.24. The Morgan fingerprint density at radius 3 is 1.95 bits per heavy atom. The van der Waals surface area contributed by atoms with Crippen LogP contribution in [0.2, 0.25) is 0 Å². The Hall–Kier alpha value is -3.97. The first-order chi connectivity index (χ1) is 18.3. The van der Waals surface area contributed by atoms with Gasteiger partial charge in [-0.1, -0.05) is 91.0 Å². The summed E-state index contributed by atoms with van der Waals surface area (Å²) >= 11 is 1.89. The van der Waals surface area contributed by atoms with E-state index in [1.54, 1.807) is 0 Å². The maximum Gasteiger partial charge on any atom is 0.0713 e. The van der Waals surface area contributed by atoms with Crippen LogP contribution in [0.4, 0.5) is 0 Å². The summed E-state index contributed by atoms with van der Waals surface area (Å²) in [5.41, 5.74) is 8.79. The van der Waals surface area contributed by atoms with Gasteiger partial charge in [0.15, 0.2) is 0 Å². The van der Waals surface area contributed by atoms with E-state index in [1.165, 1.54) is 75.2 Å². The summed E-state index contributed by atoms with van der Waals surface area (Å²) in [7, 11) is 2.93. The molecule has 1 nitrogen and oxygen atoms in total. The number of nitrogens with zero attached hydrogens (tertiary/aromatic N) is 1. The number of fused-ring (bicyclic) bond motifs is 4. The van der Waals surface area contributed by atoms with Crippen LogP contribution < -0.4 is 5.30 Å². The molecule has 174 valence electrons. The third-order valence-corrected chi connectivity index (χ3v) is 9.10. The molecule has 0 amide bonds. The van der Waals surface area contributed by atoms with E-state index in [2.05, 4.69) is 135 Å². The molecular formula is C34H22NPS. The summed E-state index contributed by atoms with van der Waals surface area (Å²) in [5.74, 6) is 0. The van der Waals surface area contributed by atoms with Gasteiger partial charge in [-0.15, -0.1) is 20.6 Å². The molecule has 0 radical (unpaired) electrons. The maximum atomic E-state index is 2.93. The van der Waals surface area contributed by atoms with Gasteiger partial charge in [0.1, 0.15) is 0 Å². The van der Waals surface area contributed by atoms with Crippen LogP contribution in [0.15, 0.2) is 121 Å². The van der Waals surface area contributed by atoms with E-state index in [4.69, 9.17) is 0 Å². The minimum Gasteiger partial charge on any atom is -0.306 e. The second-order valence-electron chi connectivity index (χ2n) is 9.62. The normalized spacial score (nSPS) is 11.9. The summed E-state index contributed by atoms with van der Waals surface area (Å²) < 4.78 is 5.08. The van der Waals surface area contributed by atoms with Crippen molar-refractivity contribution in [3.63, 3.8) is 0 Å². The van der Waals surface area contributed by atoms with Crippen molar-refractivity contribution in [2.75, 3.05) is 0 Å². The molecule has 0 spiro atoms. The van der Waals surface area contributed by atoms with Crippen molar-refractivity contribution in [3.05, 3.63) is 121 Å². The van der Waals surface area contributed by atoms with E-state index in [0.29, 0.717) is 0 Å². The smallest absolute Gasteiger partial charge is 0.0713 e. The zero-order valence-electron chi connectivity index (χ0n) is 20.0. The summed E-state index contributed by atoms with van der Waals surface area (Å²) in [4.78, 5) is 0. The fourth-order valence-electron chi connectivity index (χ4n) is 5.82. The Balaban J connectivity index is 1.60. The predicted molar refractivity (Wildman–Crippen MR) is 165 cm³/mol. The first-order valence-electron chi connectivity index (χ1n) is 12.5. The topological polar surface area (TPSA) is 4.93 Å². The zero-order valence-corrected chi connectivity index (χ0v) is 22.0. The van der Waals surface area contributed by atoms with Crippen LogP contribution in [0.1, 0.15) is 0 Å². The number of benzene rings is 6. The largest absolute Gasteiger partial charge is 0.306 e. The van der Waals surface area contributed by atoms with Gasteiger partial charge in [0, 0.05) is 10.8 Å². The van der Waals surface area contributed by atoms with Crippen LogP contribution >= 0.6 is 20.6 Å². The summed E-state index contributed by atoms with van der Waals surface area (Å²) in [5, 5.41) is 6.46. The second-order valence-corrected chi connectivity index (χ2v) is 11.3. The highest BCUT2D eigenvalue weighted by atomic mass is 32.1. The van der Waals surface area contributed by atoms with Gasteiger partial charge in [0.2, 0.25) is 0 Å². The molecule has 6 aromatic rings. The molecule has 1 unspecified atom stereocenters. The quantitative estimate of drug-likeness (QED) is 0.125. The lowest BCUT2D eigenvalue weighted by Crippen LogP contribution is -2.06. The van der Waals surface area contributed by atoms with Crippen molar-refractivity contribution in [1.29, 1.82) is 0 Å². The Bertz CT molecular complexity index is 2080. The molecule has 0 bridgehead atoms. The summed E-state index contributed by atoms with van der Waals surface area (Å²) in [6, 6.07) is 44.3. The third-order valence-electron chi connectivity index (χ3n) is 7.52. The maximum absolute atomic E-state index is 2.93. The van der Waals surface area contributed by atoms with E-state index in [1.807, 2.05) is 11.3 Å². The molecule has 0 N–H and O–H groups in total. The lowest BCUT2D eigenvalue weighted by molar-refractivity contribution is 1.20. The fraction of sp³-hybridized carbons (Fsp3) is 0. The summed E-state index contributed by atoms with van der Waals surface area (Å²) in [6.45, 7) is 0. The third kappa shape index (κ3) is 3.13. The average molecular weight is 508 g/mol. The van der Waals surface area contributed by atoms with Crippen molar-refractivity contribution in [3.8, 4) is 27.9 Å². The number of aromatic nitrogens is 1. The van der Waals surface area contributed by atoms with Crippen molar-refractivity contribution in [2.45, 2.75) is 0 Å². The number of hydrogen-bond donors (Lipinski definition) is 0. The average Bonchev–Trinajstić information content (AvgIpc) is 2.96. The van der Waals surface area contributed by atoms with E-state index in [9.17, 15) is 0 Å². The van der Waals surface area contributed by atoms with Gasteiger partial charge in [-0.05, 0) is 68.7 Å². The molecule has 2 aliphatic heterocycles. The number of pyridine rings is 1. The molecular weight excluding hydrogens is 485 g/mol. The molecule has 0 aromatic heterocycles. The van der Waals surface area contributed by atoms with Crippen molar-refractivity contribution < 1.29 is 0 Å². The Morgan fingerprint density at radius 1 is 0.486 bits per heavy atom. The standard InChI is InChI=1S/C34H22NPS/c36-30-17-16-29-33-25(12-7-13-26(30)33)27-18-24(22-10-5-2-6-11-22)20-32-34(27)35(29)28-15-14-23(19-31(28)37-32)21-8-3-1-4-9-21/h1-20H,36H2. The summed E-state index contributed by atoms with van der Waals surface area (Å²) in [6.07, 6.45) is 0. The van der Waals surface area contributed by atoms with Gasteiger partial charge in [-0.2, -0.15) is 0 Å². The molecule has 3 heteroatoms. The molecule has 8 rings (SSSR count). The molecule has 1 atom stereocenters. The van der Waals surface area contributed by atoms with Gasteiger partial charge in [0.25, 0.3) is 0 Å². The SMILES string of the molecule is Pc1ccc2c3c1cccc3c1cc(-c3ccccc3)cc3sc4cc(-c5ccccc5)ccc4n2-c31. The molecule has 0 saturated carbocycles. The van der Waals surface area contributed by atoms with E-state index in [-0.39, 0.29) is 0 Å². The van der Waals surface area contributed by atoms with Crippen LogP contribution in [-0.2, 0) is 0 Å². The lowest BCUT2D eigenvalue weighted by atomic mass is 9.95. The zero-order chi connectivity index (χ0) is 24.5. The van der Waals surface area contributed by atoms with E-state index in [0.717, 1.165) is 0 Å². The van der Waals surface area contributed by atoms with Crippen molar-refractivity contribution in [2.24, 2.45) is 0 Å². The first-order valence-corrected chi connectivity index (χ1v) is 13.9. The number of rotatable bonds is 2. The van der Waals surface area contributed by atoms with Gasteiger partial charge in [-0.3, -0.25) is 0 Å². The molecule has 0 saturated heterocycles. The Labute approximate surface area is 221 Å². The van der Waals surface area contributed by atoms with Crippen molar-refractivity contribution in [1.82, 2.24) is 4.57 Å². The molecule has 2 aliphatic rings. The molecule has 37 heavy (non-hydrogen) atoms.